The van der Waals surface area contributed by atoms with Gasteiger partial charge in [0.05, 0.1) is 7.11 Å². The average molecular weight is 321 g/mol. The highest BCUT2D eigenvalue weighted by Crippen LogP contribution is 2.29. The van der Waals surface area contributed by atoms with E-state index in [9.17, 15) is 4.79 Å². The van der Waals surface area contributed by atoms with Crippen molar-refractivity contribution in [2.45, 2.75) is 33.4 Å². The summed E-state index contributed by atoms with van der Waals surface area (Å²) in [6.07, 6.45) is 0. The number of ether oxygens (including phenoxy) is 1. The molecule has 0 bridgehead atoms. The Kier molecular flexibility index (Phi) is 6.03. The van der Waals surface area contributed by atoms with Crippen LogP contribution in [0.5, 0.6) is 5.75 Å². The van der Waals surface area contributed by atoms with E-state index in [-0.39, 0.29) is 11.9 Å². The van der Waals surface area contributed by atoms with Gasteiger partial charge in [0.2, 0.25) is 0 Å². The maximum atomic E-state index is 12.1. The SMILES string of the molecule is CC#CC(=O)N(Cc1ccc(-c2ccccc2OC)cc1)C(C)C. The summed E-state index contributed by atoms with van der Waals surface area (Å²) in [5.41, 5.74) is 3.22. The number of amides is 1. The van der Waals surface area contributed by atoms with Gasteiger partial charge in [0.15, 0.2) is 0 Å². The van der Waals surface area contributed by atoms with E-state index in [1.165, 1.54) is 0 Å². The number of methoxy groups -OCH3 is 1. The first-order chi connectivity index (χ1) is 11.6. The molecule has 0 aliphatic heterocycles. The van der Waals surface area contributed by atoms with Gasteiger partial charge in [0.1, 0.15) is 5.75 Å². The standard InChI is InChI=1S/C21H23NO2/c1-5-8-21(23)22(16(2)3)15-17-11-13-18(14-12-17)19-9-6-7-10-20(19)24-4/h6-7,9-14,16H,15H2,1-4H3. The van der Waals surface area contributed by atoms with Gasteiger partial charge in [0.25, 0.3) is 5.91 Å². The summed E-state index contributed by atoms with van der Waals surface area (Å²) >= 11 is 0. The largest absolute Gasteiger partial charge is 0.496 e. The lowest BCUT2D eigenvalue weighted by atomic mass is 10.0. The Labute approximate surface area is 144 Å². The number of benzene rings is 2. The van der Waals surface area contributed by atoms with Gasteiger partial charge in [-0.2, -0.15) is 0 Å². The first kappa shape index (κ1) is 17.6. The van der Waals surface area contributed by atoms with E-state index in [1.807, 2.05) is 50.2 Å². The summed E-state index contributed by atoms with van der Waals surface area (Å²) in [6, 6.07) is 16.2. The van der Waals surface area contributed by atoms with Crippen molar-refractivity contribution >= 4 is 5.91 Å². The quantitative estimate of drug-likeness (QED) is 0.775. The topological polar surface area (TPSA) is 29.5 Å². The highest BCUT2D eigenvalue weighted by atomic mass is 16.5. The second-order valence-corrected chi connectivity index (χ2v) is 5.80. The van der Waals surface area contributed by atoms with E-state index < -0.39 is 0 Å². The molecule has 0 N–H and O–H groups in total. The molecule has 0 atom stereocenters. The molecule has 0 radical (unpaired) electrons. The first-order valence-electron chi connectivity index (χ1n) is 8.02. The Morgan fingerprint density at radius 1 is 1.12 bits per heavy atom. The summed E-state index contributed by atoms with van der Waals surface area (Å²) < 4.78 is 5.42. The molecule has 124 valence electrons. The zero-order valence-corrected chi connectivity index (χ0v) is 14.7. The van der Waals surface area contributed by atoms with Crippen LogP contribution in [0.3, 0.4) is 0 Å². The molecule has 0 fully saturated rings. The van der Waals surface area contributed by atoms with Crippen LogP contribution in [0.1, 0.15) is 26.3 Å². The lowest BCUT2D eigenvalue weighted by molar-refractivity contribution is -0.127. The van der Waals surface area contributed by atoms with Crippen LogP contribution in [-0.2, 0) is 11.3 Å². The Bertz CT molecular complexity index is 751. The lowest BCUT2D eigenvalue weighted by Gasteiger charge is -2.24. The Hall–Kier alpha value is -2.73. The monoisotopic (exact) mass is 321 g/mol. The van der Waals surface area contributed by atoms with Gasteiger partial charge in [0, 0.05) is 18.2 Å². The van der Waals surface area contributed by atoms with Crippen molar-refractivity contribution in [2.75, 3.05) is 7.11 Å². The minimum atomic E-state index is -0.138. The van der Waals surface area contributed by atoms with E-state index in [2.05, 4.69) is 24.0 Å². The van der Waals surface area contributed by atoms with Crippen LogP contribution < -0.4 is 4.74 Å². The maximum absolute atomic E-state index is 12.1. The van der Waals surface area contributed by atoms with Gasteiger partial charge in [-0.25, -0.2) is 0 Å². The van der Waals surface area contributed by atoms with Crippen LogP contribution in [-0.4, -0.2) is 24.0 Å². The van der Waals surface area contributed by atoms with Crippen molar-refractivity contribution in [2.24, 2.45) is 0 Å². The molecule has 0 spiro atoms. The van der Waals surface area contributed by atoms with Gasteiger partial charge in [-0.3, -0.25) is 4.79 Å². The fourth-order valence-corrected chi connectivity index (χ4v) is 2.54. The normalized spacial score (nSPS) is 10.0. The number of nitrogens with zero attached hydrogens (tertiary/aromatic N) is 1. The Balaban J connectivity index is 2.22. The highest BCUT2D eigenvalue weighted by molar-refractivity contribution is 5.93. The van der Waals surface area contributed by atoms with Crippen LogP contribution in [0.15, 0.2) is 48.5 Å². The van der Waals surface area contributed by atoms with E-state index >= 15 is 0 Å². The van der Waals surface area contributed by atoms with E-state index in [0.717, 1.165) is 22.4 Å². The molecule has 2 rings (SSSR count). The number of para-hydroxylation sites is 1. The molecule has 0 unspecified atom stereocenters. The van der Waals surface area contributed by atoms with Gasteiger partial charge in [-0.05, 0) is 43.9 Å². The van der Waals surface area contributed by atoms with Crippen molar-refractivity contribution in [1.82, 2.24) is 4.90 Å². The second kappa shape index (κ2) is 8.21. The second-order valence-electron chi connectivity index (χ2n) is 5.80. The molecule has 0 aromatic heterocycles. The molecule has 3 nitrogen and oxygen atoms in total. The predicted octanol–water partition coefficient (Wildman–Crippen LogP) is 4.12. The zero-order valence-electron chi connectivity index (χ0n) is 14.7. The number of hydrogen-bond acceptors (Lipinski definition) is 2. The molecule has 0 saturated heterocycles. The fraction of sp³-hybridized carbons (Fsp3) is 0.286. The first-order valence-corrected chi connectivity index (χ1v) is 8.02. The zero-order chi connectivity index (χ0) is 17.5. The van der Waals surface area contributed by atoms with Gasteiger partial charge >= 0.3 is 0 Å². The molecule has 0 aliphatic carbocycles. The van der Waals surface area contributed by atoms with Crippen molar-refractivity contribution in [3.63, 3.8) is 0 Å². The lowest BCUT2D eigenvalue weighted by Crippen LogP contribution is -2.35. The number of carbonyl (C=O) groups is 1. The molecule has 24 heavy (non-hydrogen) atoms. The van der Waals surface area contributed by atoms with E-state index in [4.69, 9.17) is 4.74 Å². The average Bonchev–Trinajstić information content (AvgIpc) is 2.60. The summed E-state index contributed by atoms with van der Waals surface area (Å²) in [6.45, 7) is 6.23. The van der Waals surface area contributed by atoms with Crippen LogP contribution in [0.2, 0.25) is 0 Å². The molecule has 0 saturated carbocycles. The van der Waals surface area contributed by atoms with Gasteiger partial charge in [-0.15, -0.1) is 0 Å². The van der Waals surface area contributed by atoms with E-state index in [0.29, 0.717) is 6.54 Å². The summed E-state index contributed by atoms with van der Waals surface area (Å²) in [7, 11) is 1.67. The highest BCUT2D eigenvalue weighted by Gasteiger charge is 2.15. The molecular formula is C21H23NO2. The van der Waals surface area contributed by atoms with Crippen molar-refractivity contribution in [3.05, 3.63) is 54.1 Å². The molecule has 3 heteroatoms. The molecule has 2 aromatic carbocycles. The number of rotatable bonds is 5. The van der Waals surface area contributed by atoms with Crippen molar-refractivity contribution < 1.29 is 9.53 Å². The molecule has 1 amide bonds. The smallest absolute Gasteiger partial charge is 0.298 e. The van der Waals surface area contributed by atoms with Crippen molar-refractivity contribution in [3.8, 4) is 28.7 Å². The summed E-state index contributed by atoms with van der Waals surface area (Å²) in [5.74, 6) is 6.01. The van der Waals surface area contributed by atoms with Crippen LogP contribution in [0.25, 0.3) is 11.1 Å². The minimum Gasteiger partial charge on any atom is -0.496 e. The Morgan fingerprint density at radius 2 is 1.79 bits per heavy atom. The molecule has 2 aromatic rings. The number of hydrogen-bond donors (Lipinski definition) is 0. The summed E-state index contributed by atoms with van der Waals surface area (Å²) in [5, 5.41) is 0. The van der Waals surface area contributed by atoms with Crippen LogP contribution >= 0.6 is 0 Å². The fourth-order valence-electron chi connectivity index (χ4n) is 2.54. The van der Waals surface area contributed by atoms with E-state index in [1.54, 1.807) is 18.9 Å². The third kappa shape index (κ3) is 4.17. The summed E-state index contributed by atoms with van der Waals surface area (Å²) in [4.78, 5) is 13.9. The minimum absolute atomic E-state index is 0.104. The van der Waals surface area contributed by atoms with Crippen LogP contribution in [0, 0.1) is 11.8 Å². The molecule has 0 heterocycles. The Morgan fingerprint density at radius 3 is 2.38 bits per heavy atom. The van der Waals surface area contributed by atoms with Gasteiger partial charge in [-0.1, -0.05) is 48.4 Å². The third-order valence-electron chi connectivity index (χ3n) is 3.84. The molecular weight excluding hydrogens is 298 g/mol. The number of carbonyl (C=O) groups excluding carboxylic acids is 1. The predicted molar refractivity (Wildman–Crippen MR) is 97.6 cm³/mol. The maximum Gasteiger partial charge on any atom is 0.298 e. The molecule has 0 aliphatic rings. The van der Waals surface area contributed by atoms with Crippen molar-refractivity contribution in [1.29, 1.82) is 0 Å². The van der Waals surface area contributed by atoms with Gasteiger partial charge < -0.3 is 9.64 Å². The third-order valence-corrected chi connectivity index (χ3v) is 3.84. The van der Waals surface area contributed by atoms with Crippen LogP contribution in [0.4, 0.5) is 0 Å².